The maximum Gasteiger partial charge on any atom is -0.0160 e. The number of rotatable bonds is 0. The molecule has 0 heterocycles. The molecule has 0 heteroatoms. The third kappa shape index (κ3) is 2.62. The van der Waals surface area contributed by atoms with Crippen LogP contribution in [0.1, 0.15) is 27.2 Å². The lowest BCUT2D eigenvalue weighted by molar-refractivity contribution is 1.42. The first-order valence-corrected chi connectivity index (χ1v) is 3.23. The SMILES string of the molecule is CC.CC1=CCC=C1. The molecule has 8 heavy (non-hydrogen) atoms. The first kappa shape index (κ1) is 7.48. The standard InChI is InChI=1S/C6H8.C2H6/c1-6-4-2-3-5-6;1-2/h2,4-5H,3H2,1H3;1-2H3. The maximum atomic E-state index is 2.21. The lowest BCUT2D eigenvalue weighted by Crippen LogP contribution is -1.51. The highest BCUT2D eigenvalue weighted by molar-refractivity contribution is 5.23. The molecule has 0 bridgehead atoms. The average molecular weight is 110 g/mol. The van der Waals surface area contributed by atoms with Gasteiger partial charge in [0.25, 0.3) is 0 Å². The summed E-state index contributed by atoms with van der Waals surface area (Å²) in [6, 6.07) is 0. The van der Waals surface area contributed by atoms with Gasteiger partial charge in [-0.2, -0.15) is 0 Å². The van der Waals surface area contributed by atoms with Gasteiger partial charge in [-0.3, -0.25) is 0 Å². The lowest BCUT2D eigenvalue weighted by atomic mass is 10.3. The molecule has 0 fully saturated rings. The van der Waals surface area contributed by atoms with E-state index in [0.717, 1.165) is 6.42 Å². The van der Waals surface area contributed by atoms with E-state index in [1.165, 1.54) is 5.57 Å². The topological polar surface area (TPSA) is 0 Å². The Balaban J connectivity index is 0.000000222. The molecule has 0 aromatic carbocycles. The quantitative estimate of drug-likeness (QED) is 0.449. The van der Waals surface area contributed by atoms with Crippen molar-refractivity contribution in [2.75, 3.05) is 0 Å². The zero-order chi connectivity index (χ0) is 6.41. The van der Waals surface area contributed by atoms with E-state index in [0.29, 0.717) is 0 Å². The van der Waals surface area contributed by atoms with Crippen LogP contribution in [0.4, 0.5) is 0 Å². The van der Waals surface area contributed by atoms with E-state index in [1.807, 2.05) is 13.8 Å². The van der Waals surface area contributed by atoms with Crippen molar-refractivity contribution in [3.05, 3.63) is 23.8 Å². The molecule has 0 saturated carbocycles. The molecule has 0 N–H and O–H groups in total. The van der Waals surface area contributed by atoms with Gasteiger partial charge in [-0.1, -0.05) is 37.6 Å². The number of hydrogen-bond acceptors (Lipinski definition) is 0. The van der Waals surface area contributed by atoms with Gasteiger partial charge in [0.2, 0.25) is 0 Å². The highest BCUT2D eigenvalue weighted by Crippen LogP contribution is 2.05. The summed E-state index contributed by atoms with van der Waals surface area (Å²) in [5.74, 6) is 0. The Morgan fingerprint density at radius 2 is 2.00 bits per heavy atom. The molecular formula is C8H14. The number of allylic oxidation sites excluding steroid dienone is 4. The summed E-state index contributed by atoms with van der Waals surface area (Å²) in [6.45, 7) is 6.11. The van der Waals surface area contributed by atoms with E-state index >= 15 is 0 Å². The van der Waals surface area contributed by atoms with E-state index in [-0.39, 0.29) is 0 Å². The van der Waals surface area contributed by atoms with Crippen LogP contribution in [0.5, 0.6) is 0 Å². The smallest absolute Gasteiger partial charge is 0.0160 e. The predicted molar refractivity (Wildman–Crippen MR) is 38.9 cm³/mol. The molecule has 0 aromatic heterocycles. The average Bonchev–Trinajstić information content (AvgIpc) is 2.24. The van der Waals surface area contributed by atoms with Gasteiger partial charge >= 0.3 is 0 Å². The van der Waals surface area contributed by atoms with Crippen LogP contribution in [-0.2, 0) is 0 Å². The van der Waals surface area contributed by atoms with Gasteiger partial charge in [0, 0.05) is 0 Å². The summed E-state index contributed by atoms with van der Waals surface area (Å²) in [7, 11) is 0. The van der Waals surface area contributed by atoms with Crippen LogP contribution < -0.4 is 0 Å². The highest BCUT2D eigenvalue weighted by atomic mass is 13.9. The molecule has 0 atom stereocenters. The van der Waals surface area contributed by atoms with Crippen molar-refractivity contribution in [3.63, 3.8) is 0 Å². The van der Waals surface area contributed by atoms with E-state index < -0.39 is 0 Å². The molecule has 0 nitrogen and oxygen atoms in total. The summed E-state index contributed by atoms with van der Waals surface area (Å²) >= 11 is 0. The van der Waals surface area contributed by atoms with Crippen LogP contribution >= 0.6 is 0 Å². The summed E-state index contributed by atoms with van der Waals surface area (Å²) in [6.07, 6.45) is 7.65. The van der Waals surface area contributed by atoms with Crippen LogP contribution in [0.15, 0.2) is 23.8 Å². The monoisotopic (exact) mass is 110 g/mol. The molecule has 46 valence electrons. The van der Waals surface area contributed by atoms with Gasteiger partial charge in [0.1, 0.15) is 0 Å². The minimum atomic E-state index is 1.14. The lowest BCUT2D eigenvalue weighted by Gasteiger charge is -1.72. The van der Waals surface area contributed by atoms with E-state index in [2.05, 4.69) is 25.2 Å². The van der Waals surface area contributed by atoms with Crippen molar-refractivity contribution in [3.8, 4) is 0 Å². The zero-order valence-electron chi connectivity index (χ0n) is 5.94. The fourth-order valence-corrected chi connectivity index (χ4v) is 0.576. The second-order valence-electron chi connectivity index (χ2n) is 1.59. The van der Waals surface area contributed by atoms with E-state index in [9.17, 15) is 0 Å². The first-order chi connectivity index (χ1) is 3.89. The summed E-state index contributed by atoms with van der Waals surface area (Å²) in [5.41, 5.74) is 1.40. The van der Waals surface area contributed by atoms with Crippen LogP contribution in [0.2, 0.25) is 0 Å². The summed E-state index contributed by atoms with van der Waals surface area (Å²) in [5, 5.41) is 0. The largest absolute Gasteiger partial charge is 0.0805 e. The summed E-state index contributed by atoms with van der Waals surface area (Å²) in [4.78, 5) is 0. The first-order valence-electron chi connectivity index (χ1n) is 3.23. The van der Waals surface area contributed by atoms with Gasteiger partial charge in [-0.05, 0) is 13.3 Å². The highest BCUT2D eigenvalue weighted by Gasteiger charge is 1.84. The summed E-state index contributed by atoms with van der Waals surface area (Å²) < 4.78 is 0. The Morgan fingerprint density at radius 3 is 2.12 bits per heavy atom. The van der Waals surface area contributed by atoms with Crippen molar-refractivity contribution in [2.45, 2.75) is 27.2 Å². The van der Waals surface area contributed by atoms with Crippen molar-refractivity contribution in [2.24, 2.45) is 0 Å². The van der Waals surface area contributed by atoms with Crippen molar-refractivity contribution in [1.29, 1.82) is 0 Å². The Morgan fingerprint density at radius 1 is 1.38 bits per heavy atom. The molecule has 1 rings (SSSR count). The van der Waals surface area contributed by atoms with Gasteiger partial charge in [0.05, 0.1) is 0 Å². The molecule has 1 aliphatic carbocycles. The molecule has 0 aliphatic heterocycles. The maximum absolute atomic E-state index is 2.21. The Bertz CT molecular complexity index is 93.9. The molecule has 0 spiro atoms. The molecule has 1 aliphatic rings. The van der Waals surface area contributed by atoms with Crippen LogP contribution in [0.3, 0.4) is 0 Å². The molecule has 0 unspecified atom stereocenters. The van der Waals surface area contributed by atoms with Crippen molar-refractivity contribution < 1.29 is 0 Å². The van der Waals surface area contributed by atoms with Gasteiger partial charge in [-0.15, -0.1) is 0 Å². The fraction of sp³-hybridized carbons (Fsp3) is 0.500. The van der Waals surface area contributed by atoms with Crippen LogP contribution in [-0.4, -0.2) is 0 Å². The molecule has 0 aromatic rings. The second-order valence-corrected chi connectivity index (χ2v) is 1.59. The van der Waals surface area contributed by atoms with Crippen LogP contribution in [0, 0.1) is 0 Å². The third-order valence-electron chi connectivity index (χ3n) is 0.957. The molecule has 0 amide bonds. The van der Waals surface area contributed by atoms with Gasteiger partial charge in [-0.25, -0.2) is 0 Å². The minimum absolute atomic E-state index is 1.14. The second kappa shape index (κ2) is 4.63. The molecule has 0 radical (unpaired) electrons. The normalized spacial score (nSPS) is 14.6. The van der Waals surface area contributed by atoms with Crippen LogP contribution in [0.25, 0.3) is 0 Å². The minimum Gasteiger partial charge on any atom is -0.0805 e. The van der Waals surface area contributed by atoms with Crippen molar-refractivity contribution in [1.82, 2.24) is 0 Å². The van der Waals surface area contributed by atoms with E-state index in [4.69, 9.17) is 0 Å². The predicted octanol–water partition coefficient (Wildman–Crippen LogP) is 2.92. The fourth-order valence-electron chi connectivity index (χ4n) is 0.576. The van der Waals surface area contributed by atoms with Crippen molar-refractivity contribution >= 4 is 0 Å². The third-order valence-corrected chi connectivity index (χ3v) is 0.957. The Kier molecular flexibility index (Phi) is 4.33. The number of hydrogen-bond donors (Lipinski definition) is 0. The Labute approximate surface area is 51.9 Å². The Hall–Kier alpha value is -0.520. The van der Waals surface area contributed by atoms with Gasteiger partial charge < -0.3 is 0 Å². The molecular weight excluding hydrogens is 96.1 g/mol. The van der Waals surface area contributed by atoms with Gasteiger partial charge in [0.15, 0.2) is 0 Å². The molecule has 0 saturated heterocycles. The van der Waals surface area contributed by atoms with E-state index in [1.54, 1.807) is 0 Å². The zero-order valence-corrected chi connectivity index (χ0v) is 5.94.